The van der Waals surface area contributed by atoms with Crippen molar-refractivity contribution in [3.63, 3.8) is 0 Å². The lowest BCUT2D eigenvalue weighted by Gasteiger charge is -2.20. The van der Waals surface area contributed by atoms with Crippen molar-refractivity contribution in [1.82, 2.24) is 0 Å². The third-order valence-corrected chi connectivity index (χ3v) is 4.54. The van der Waals surface area contributed by atoms with Crippen molar-refractivity contribution in [2.75, 3.05) is 18.0 Å². The smallest absolute Gasteiger partial charge is 0.123 e. The van der Waals surface area contributed by atoms with Crippen molar-refractivity contribution < 1.29 is 4.39 Å². The molecule has 0 N–H and O–H groups in total. The molecule has 0 unspecified atom stereocenters. The highest BCUT2D eigenvalue weighted by Crippen LogP contribution is 2.28. The van der Waals surface area contributed by atoms with Crippen LogP contribution in [0.4, 0.5) is 32.8 Å². The number of hydrogen-bond donors (Lipinski definition) is 0. The van der Waals surface area contributed by atoms with Crippen LogP contribution in [-0.4, -0.2) is 13.1 Å². The Kier molecular flexibility index (Phi) is 6.79. The van der Waals surface area contributed by atoms with Gasteiger partial charge < -0.3 is 4.90 Å². The zero-order valence-corrected chi connectivity index (χ0v) is 16.9. The van der Waals surface area contributed by atoms with Gasteiger partial charge >= 0.3 is 0 Å². The van der Waals surface area contributed by atoms with Crippen LogP contribution in [0.15, 0.2) is 87.2 Å². The largest absolute Gasteiger partial charge is 0.372 e. The molecule has 3 aromatic rings. The first-order valence-electron chi connectivity index (χ1n) is 9.63. The van der Waals surface area contributed by atoms with E-state index in [0.717, 1.165) is 35.7 Å². The molecule has 0 fully saturated rings. The summed E-state index contributed by atoms with van der Waals surface area (Å²) in [4.78, 5) is 2.28. The van der Waals surface area contributed by atoms with Gasteiger partial charge in [0, 0.05) is 18.8 Å². The molecule has 0 saturated carbocycles. The highest BCUT2D eigenvalue weighted by molar-refractivity contribution is 5.55. The highest BCUT2D eigenvalue weighted by atomic mass is 19.1. The first-order valence-corrected chi connectivity index (χ1v) is 9.63. The molecule has 6 heteroatoms. The second-order valence-corrected chi connectivity index (χ2v) is 6.54. The third kappa shape index (κ3) is 5.54. The van der Waals surface area contributed by atoms with Gasteiger partial charge in [0.25, 0.3) is 0 Å². The van der Waals surface area contributed by atoms with Crippen molar-refractivity contribution in [1.29, 1.82) is 0 Å². The van der Waals surface area contributed by atoms with Gasteiger partial charge in [-0.3, -0.25) is 0 Å². The van der Waals surface area contributed by atoms with E-state index in [1.807, 2.05) is 37.3 Å². The SMILES string of the molecule is CCN(CC)c1ccc(/N=N/c2ccc(/N=N/c3ccc(F)cc3)c(C)c2)cc1. The summed E-state index contributed by atoms with van der Waals surface area (Å²) in [7, 11) is 0. The molecular weight excluding hydrogens is 365 g/mol. The van der Waals surface area contributed by atoms with E-state index in [-0.39, 0.29) is 5.82 Å². The topological polar surface area (TPSA) is 52.7 Å². The summed E-state index contributed by atoms with van der Waals surface area (Å²) in [5.74, 6) is -0.294. The lowest BCUT2D eigenvalue weighted by atomic mass is 10.2. The molecule has 3 aromatic carbocycles. The average Bonchev–Trinajstić information content (AvgIpc) is 2.74. The molecule has 0 spiro atoms. The predicted molar refractivity (Wildman–Crippen MR) is 116 cm³/mol. The molecule has 0 bridgehead atoms. The highest BCUT2D eigenvalue weighted by Gasteiger charge is 2.02. The van der Waals surface area contributed by atoms with Crippen LogP contribution in [0.5, 0.6) is 0 Å². The molecule has 0 amide bonds. The molecular formula is C23H24FN5. The van der Waals surface area contributed by atoms with E-state index in [0.29, 0.717) is 5.69 Å². The minimum absolute atomic E-state index is 0.294. The third-order valence-electron chi connectivity index (χ3n) is 4.54. The maximum Gasteiger partial charge on any atom is 0.123 e. The van der Waals surface area contributed by atoms with Crippen molar-refractivity contribution >= 4 is 28.4 Å². The molecule has 0 saturated heterocycles. The maximum atomic E-state index is 12.9. The van der Waals surface area contributed by atoms with Crippen LogP contribution in [0, 0.1) is 12.7 Å². The van der Waals surface area contributed by atoms with Crippen LogP contribution in [0.2, 0.25) is 0 Å². The van der Waals surface area contributed by atoms with Crippen LogP contribution in [-0.2, 0) is 0 Å². The van der Waals surface area contributed by atoms with E-state index in [1.165, 1.54) is 17.8 Å². The van der Waals surface area contributed by atoms with Crippen LogP contribution in [0.25, 0.3) is 0 Å². The van der Waals surface area contributed by atoms with Crippen LogP contribution < -0.4 is 4.90 Å². The lowest BCUT2D eigenvalue weighted by Crippen LogP contribution is -2.21. The molecule has 148 valence electrons. The summed E-state index contributed by atoms with van der Waals surface area (Å²) in [6.45, 7) is 8.17. The average molecular weight is 389 g/mol. The van der Waals surface area contributed by atoms with E-state index >= 15 is 0 Å². The fourth-order valence-electron chi connectivity index (χ4n) is 2.87. The number of rotatable bonds is 7. The van der Waals surface area contributed by atoms with Crippen LogP contribution >= 0.6 is 0 Å². The zero-order valence-electron chi connectivity index (χ0n) is 16.9. The Morgan fingerprint density at radius 1 is 0.690 bits per heavy atom. The molecule has 0 heterocycles. The fourth-order valence-corrected chi connectivity index (χ4v) is 2.87. The Labute approximate surface area is 170 Å². The monoisotopic (exact) mass is 389 g/mol. The van der Waals surface area contributed by atoms with Crippen molar-refractivity contribution in [3.8, 4) is 0 Å². The summed E-state index contributed by atoms with van der Waals surface area (Å²) in [5, 5.41) is 17.0. The van der Waals surface area contributed by atoms with Gasteiger partial charge in [0.1, 0.15) is 5.82 Å². The van der Waals surface area contributed by atoms with Gasteiger partial charge in [-0.05, 0) is 93.1 Å². The molecule has 0 atom stereocenters. The summed E-state index contributed by atoms with van der Waals surface area (Å²) >= 11 is 0. The Bertz CT molecular complexity index is 991. The van der Waals surface area contributed by atoms with Gasteiger partial charge in [-0.25, -0.2) is 4.39 Å². The van der Waals surface area contributed by atoms with Gasteiger partial charge in [-0.1, -0.05) is 0 Å². The van der Waals surface area contributed by atoms with E-state index in [1.54, 1.807) is 12.1 Å². The molecule has 0 radical (unpaired) electrons. The Hall–Kier alpha value is -3.41. The molecule has 29 heavy (non-hydrogen) atoms. The van der Waals surface area contributed by atoms with Crippen molar-refractivity contribution in [2.24, 2.45) is 20.5 Å². The molecule has 0 aliphatic heterocycles. The molecule has 5 nitrogen and oxygen atoms in total. The quantitative estimate of drug-likeness (QED) is 0.380. The van der Waals surface area contributed by atoms with E-state index < -0.39 is 0 Å². The van der Waals surface area contributed by atoms with Gasteiger partial charge in [-0.2, -0.15) is 20.5 Å². The summed E-state index contributed by atoms with van der Waals surface area (Å²) < 4.78 is 12.9. The number of anilines is 1. The van der Waals surface area contributed by atoms with Gasteiger partial charge in [0.2, 0.25) is 0 Å². The van der Waals surface area contributed by atoms with Crippen molar-refractivity contribution in [3.05, 3.63) is 78.1 Å². The normalized spacial score (nSPS) is 11.4. The van der Waals surface area contributed by atoms with Gasteiger partial charge in [0.15, 0.2) is 0 Å². The molecule has 0 aromatic heterocycles. The number of azo groups is 2. The minimum atomic E-state index is -0.294. The Morgan fingerprint density at radius 2 is 1.21 bits per heavy atom. The van der Waals surface area contributed by atoms with Gasteiger partial charge in [-0.15, -0.1) is 0 Å². The van der Waals surface area contributed by atoms with Crippen molar-refractivity contribution in [2.45, 2.75) is 20.8 Å². The second-order valence-electron chi connectivity index (χ2n) is 6.54. The second kappa shape index (κ2) is 9.68. The first kappa shape index (κ1) is 20.3. The Morgan fingerprint density at radius 3 is 1.79 bits per heavy atom. The Balaban J connectivity index is 1.69. The van der Waals surface area contributed by atoms with Gasteiger partial charge in [0.05, 0.1) is 22.7 Å². The van der Waals surface area contributed by atoms with E-state index in [9.17, 15) is 4.39 Å². The lowest BCUT2D eigenvalue weighted by molar-refractivity contribution is 0.628. The van der Waals surface area contributed by atoms with E-state index in [2.05, 4.69) is 51.3 Å². The number of nitrogens with zero attached hydrogens (tertiary/aromatic N) is 5. The maximum absolute atomic E-state index is 12.9. The molecule has 0 aliphatic rings. The van der Waals surface area contributed by atoms with E-state index in [4.69, 9.17) is 0 Å². The summed E-state index contributed by atoms with van der Waals surface area (Å²) in [6, 6.07) is 19.6. The molecule has 3 rings (SSSR count). The number of hydrogen-bond acceptors (Lipinski definition) is 5. The minimum Gasteiger partial charge on any atom is -0.372 e. The molecule has 0 aliphatic carbocycles. The number of benzene rings is 3. The summed E-state index contributed by atoms with van der Waals surface area (Å²) in [5.41, 5.74) is 5.00. The van der Waals surface area contributed by atoms with Crippen LogP contribution in [0.3, 0.4) is 0 Å². The zero-order chi connectivity index (χ0) is 20.6. The fraction of sp³-hybridized carbons (Fsp3) is 0.217. The van der Waals surface area contributed by atoms with Crippen LogP contribution in [0.1, 0.15) is 19.4 Å². The number of halogens is 1. The first-order chi connectivity index (χ1) is 14.1. The predicted octanol–water partition coefficient (Wildman–Crippen LogP) is 7.81. The number of aryl methyl sites for hydroxylation is 1. The standard InChI is InChI=1S/C23H24FN5/c1-4-29(5-2)22-13-10-20(11-14-22)25-27-21-12-15-23(17(3)16-21)28-26-19-8-6-18(24)7-9-19/h6-16H,4-5H2,1-3H3/b27-25+,28-26+. The summed E-state index contributed by atoms with van der Waals surface area (Å²) in [6.07, 6.45) is 0.